The van der Waals surface area contributed by atoms with Gasteiger partial charge in [-0.05, 0) is 50.3 Å². The van der Waals surface area contributed by atoms with Crippen molar-refractivity contribution in [1.29, 1.82) is 0 Å². The van der Waals surface area contributed by atoms with Gasteiger partial charge in [0.1, 0.15) is 10.6 Å². The van der Waals surface area contributed by atoms with Crippen LogP contribution in [-0.4, -0.2) is 27.6 Å². The summed E-state index contributed by atoms with van der Waals surface area (Å²) in [6, 6.07) is 3.52. The highest BCUT2D eigenvalue weighted by Crippen LogP contribution is 2.30. The Morgan fingerprint density at radius 3 is 2.30 bits per heavy atom. The minimum Gasteiger partial charge on any atom is -0.495 e. The van der Waals surface area contributed by atoms with Crippen LogP contribution in [0.1, 0.15) is 38.3 Å². The summed E-state index contributed by atoms with van der Waals surface area (Å²) in [5.41, 5.74) is 6.79. The number of hydrogen-bond donors (Lipinski definition) is 2. The summed E-state index contributed by atoms with van der Waals surface area (Å²) < 4.78 is 33.7. The molecule has 0 fully saturated rings. The maximum Gasteiger partial charge on any atom is 0.244 e. The number of sulfonamides is 1. The molecule has 7 heteroatoms. The molecule has 3 N–H and O–H groups in total. The molecule has 0 saturated heterocycles. The van der Waals surface area contributed by atoms with E-state index in [0.717, 1.165) is 11.1 Å². The van der Waals surface area contributed by atoms with Crippen molar-refractivity contribution in [2.24, 2.45) is 11.7 Å². The molecular formula is C16H29ClN2O3S. The van der Waals surface area contributed by atoms with Gasteiger partial charge in [0.2, 0.25) is 10.0 Å². The van der Waals surface area contributed by atoms with E-state index in [2.05, 4.69) is 4.72 Å². The zero-order chi connectivity index (χ0) is 17.1. The zero-order valence-electron chi connectivity index (χ0n) is 14.8. The molecule has 1 aromatic carbocycles. The lowest BCUT2D eigenvalue weighted by Gasteiger charge is -2.31. The molecule has 0 aliphatic rings. The quantitative estimate of drug-likeness (QED) is 0.779. The smallest absolute Gasteiger partial charge is 0.244 e. The van der Waals surface area contributed by atoms with Crippen molar-refractivity contribution < 1.29 is 13.2 Å². The van der Waals surface area contributed by atoms with E-state index in [9.17, 15) is 8.42 Å². The van der Waals surface area contributed by atoms with Gasteiger partial charge in [-0.15, -0.1) is 12.4 Å². The van der Waals surface area contributed by atoms with Crippen LogP contribution in [0, 0.1) is 19.8 Å². The largest absolute Gasteiger partial charge is 0.495 e. The summed E-state index contributed by atoms with van der Waals surface area (Å²) in [5.74, 6) is 0.708. The van der Waals surface area contributed by atoms with Gasteiger partial charge in [0.15, 0.2) is 0 Å². The Morgan fingerprint density at radius 2 is 1.87 bits per heavy atom. The second kappa shape index (κ2) is 8.33. The number of nitrogens with two attached hydrogens (primary N) is 1. The Bertz CT molecular complexity index is 632. The van der Waals surface area contributed by atoms with Crippen molar-refractivity contribution >= 4 is 22.4 Å². The third kappa shape index (κ3) is 5.64. The summed E-state index contributed by atoms with van der Waals surface area (Å²) in [5, 5.41) is 0. The highest BCUT2D eigenvalue weighted by Gasteiger charge is 2.32. The van der Waals surface area contributed by atoms with Gasteiger partial charge in [-0.1, -0.05) is 19.9 Å². The molecule has 23 heavy (non-hydrogen) atoms. The molecule has 1 atom stereocenters. The van der Waals surface area contributed by atoms with Crippen LogP contribution in [0.5, 0.6) is 5.75 Å². The van der Waals surface area contributed by atoms with Gasteiger partial charge in [-0.25, -0.2) is 13.1 Å². The molecule has 0 saturated carbocycles. The Balaban J connectivity index is 0.00000484. The predicted octanol–water partition coefficient (Wildman–Crippen LogP) is 2.78. The van der Waals surface area contributed by atoms with Crippen LogP contribution in [0.3, 0.4) is 0 Å². The fourth-order valence-electron chi connectivity index (χ4n) is 2.82. The average Bonchev–Trinajstić information content (AvgIpc) is 2.36. The molecular weight excluding hydrogens is 336 g/mol. The molecule has 0 aliphatic carbocycles. The third-order valence-electron chi connectivity index (χ3n) is 3.57. The minimum absolute atomic E-state index is 0. The summed E-state index contributed by atoms with van der Waals surface area (Å²) in [4.78, 5) is 0.163. The number of benzene rings is 1. The fraction of sp³-hybridized carbons (Fsp3) is 0.625. The minimum atomic E-state index is -3.72. The Labute approximate surface area is 146 Å². The van der Waals surface area contributed by atoms with E-state index in [0.29, 0.717) is 18.1 Å². The first kappa shape index (κ1) is 22.2. The van der Waals surface area contributed by atoms with Crippen molar-refractivity contribution in [3.05, 3.63) is 23.3 Å². The normalized spacial score (nSPS) is 14.3. The maximum absolute atomic E-state index is 12.8. The molecule has 0 radical (unpaired) electrons. The molecule has 1 unspecified atom stereocenters. The van der Waals surface area contributed by atoms with Crippen molar-refractivity contribution in [3.63, 3.8) is 0 Å². The van der Waals surface area contributed by atoms with Gasteiger partial charge < -0.3 is 10.5 Å². The van der Waals surface area contributed by atoms with E-state index in [-0.39, 0.29) is 23.8 Å². The SMILES string of the molecule is COc1c(C)cc(C)cc1S(=O)(=O)NC(C)(CN)CC(C)C.Cl. The van der Waals surface area contributed by atoms with E-state index >= 15 is 0 Å². The number of rotatable bonds is 7. The van der Waals surface area contributed by atoms with Crippen molar-refractivity contribution in [1.82, 2.24) is 4.72 Å². The van der Waals surface area contributed by atoms with E-state index in [1.165, 1.54) is 7.11 Å². The van der Waals surface area contributed by atoms with E-state index in [4.69, 9.17) is 10.5 Å². The topological polar surface area (TPSA) is 81.4 Å². The molecule has 5 nitrogen and oxygen atoms in total. The predicted molar refractivity (Wildman–Crippen MR) is 97.0 cm³/mol. The number of ether oxygens (including phenoxy) is 1. The van der Waals surface area contributed by atoms with Crippen molar-refractivity contribution in [2.45, 2.75) is 51.5 Å². The Morgan fingerprint density at radius 1 is 1.30 bits per heavy atom. The third-order valence-corrected chi connectivity index (χ3v) is 5.21. The Hall–Kier alpha value is -0.820. The van der Waals surface area contributed by atoms with E-state index in [1.54, 1.807) is 6.07 Å². The van der Waals surface area contributed by atoms with Gasteiger partial charge in [-0.3, -0.25) is 0 Å². The number of halogens is 1. The second-order valence-electron chi connectivity index (χ2n) is 6.58. The standard InChI is InChI=1S/C16H28N2O3S.ClH/c1-11(2)9-16(5,10-17)18-22(19,20)14-8-12(3)7-13(4)15(14)21-6;/h7-8,11,18H,9-10,17H2,1-6H3;1H. The van der Waals surface area contributed by atoms with Gasteiger partial charge in [-0.2, -0.15) is 0 Å². The molecule has 0 aliphatic heterocycles. The summed E-state index contributed by atoms with van der Waals surface area (Å²) in [7, 11) is -2.24. The van der Waals surface area contributed by atoms with Gasteiger partial charge in [0.05, 0.1) is 7.11 Å². The molecule has 0 aromatic heterocycles. The lowest BCUT2D eigenvalue weighted by molar-refractivity contribution is 0.343. The number of methoxy groups -OCH3 is 1. The zero-order valence-corrected chi connectivity index (χ0v) is 16.4. The second-order valence-corrected chi connectivity index (χ2v) is 8.23. The molecule has 0 spiro atoms. The molecule has 0 bridgehead atoms. The molecule has 1 rings (SSSR count). The van der Waals surface area contributed by atoms with E-state index in [1.807, 2.05) is 40.7 Å². The van der Waals surface area contributed by atoms with Crippen molar-refractivity contribution in [3.8, 4) is 5.75 Å². The first-order valence-corrected chi connectivity index (χ1v) is 8.92. The molecule has 134 valence electrons. The lowest BCUT2D eigenvalue weighted by atomic mass is 9.92. The van der Waals surface area contributed by atoms with Crippen LogP contribution in [0.25, 0.3) is 0 Å². The fourth-order valence-corrected chi connectivity index (χ4v) is 4.58. The number of nitrogens with one attached hydrogen (secondary N) is 1. The van der Waals surface area contributed by atoms with Crippen LogP contribution in [0.2, 0.25) is 0 Å². The molecule has 0 heterocycles. The van der Waals surface area contributed by atoms with Crippen LogP contribution in [-0.2, 0) is 10.0 Å². The highest BCUT2D eigenvalue weighted by molar-refractivity contribution is 7.89. The van der Waals surface area contributed by atoms with Gasteiger partial charge in [0.25, 0.3) is 0 Å². The monoisotopic (exact) mass is 364 g/mol. The first-order chi connectivity index (χ1) is 10.0. The van der Waals surface area contributed by atoms with Crippen LogP contribution >= 0.6 is 12.4 Å². The van der Waals surface area contributed by atoms with Crippen molar-refractivity contribution in [2.75, 3.05) is 13.7 Å². The van der Waals surface area contributed by atoms with Crippen LogP contribution < -0.4 is 15.2 Å². The van der Waals surface area contributed by atoms with Crippen LogP contribution in [0.4, 0.5) is 0 Å². The average molecular weight is 365 g/mol. The number of hydrogen-bond acceptors (Lipinski definition) is 4. The summed E-state index contributed by atoms with van der Waals surface area (Å²) in [6.45, 7) is 9.85. The van der Waals surface area contributed by atoms with E-state index < -0.39 is 15.6 Å². The number of aryl methyl sites for hydroxylation is 2. The lowest BCUT2D eigenvalue weighted by Crippen LogP contribution is -2.52. The Kier molecular flexibility index (Phi) is 8.03. The van der Waals surface area contributed by atoms with Crippen LogP contribution in [0.15, 0.2) is 17.0 Å². The summed E-state index contributed by atoms with van der Waals surface area (Å²) in [6.07, 6.45) is 0.663. The van der Waals surface area contributed by atoms with Gasteiger partial charge >= 0.3 is 0 Å². The highest BCUT2D eigenvalue weighted by atomic mass is 35.5. The molecule has 1 aromatic rings. The maximum atomic E-state index is 12.8. The van der Waals surface area contributed by atoms with Gasteiger partial charge in [0, 0.05) is 12.1 Å². The first-order valence-electron chi connectivity index (χ1n) is 7.44. The summed E-state index contributed by atoms with van der Waals surface area (Å²) >= 11 is 0. The molecule has 0 amide bonds.